The van der Waals surface area contributed by atoms with Crippen molar-refractivity contribution < 1.29 is 28.5 Å². The third-order valence-electron chi connectivity index (χ3n) is 5.19. The van der Waals surface area contributed by atoms with Gasteiger partial charge < -0.3 is 30.0 Å². The number of carbonyl (C=O) groups excluding carboxylic acids is 2. The third-order valence-corrected chi connectivity index (χ3v) is 5.43. The standard InChI is InChI=1S/C28H30N2O6S/c1-3-33-25(31)18-36-24-15-14-22(35-17-19-8-6-5-7-9-19)16-23(24)26(28(32)34-4-2)30-21-12-10-20(11-13-21)27(29)37/h5-16,26,30H,3-4,17-18H2,1-2H3,(H2,29,37). The van der Waals surface area contributed by atoms with E-state index in [1.165, 1.54) is 0 Å². The molecule has 3 aromatic rings. The maximum absolute atomic E-state index is 13.1. The monoisotopic (exact) mass is 522 g/mol. The molecule has 0 fully saturated rings. The van der Waals surface area contributed by atoms with E-state index in [4.69, 9.17) is 36.9 Å². The number of hydrogen-bond acceptors (Lipinski definition) is 8. The van der Waals surface area contributed by atoms with Crippen molar-refractivity contribution in [3.63, 3.8) is 0 Å². The van der Waals surface area contributed by atoms with E-state index in [0.29, 0.717) is 34.9 Å². The Morgan fingerprint density at radius 3 is 2.27 bits per heavy atom. The number of nitrogens with one attached hydrogen (secondary N) is 1. The number of ether oxygens (including phenoxy) is 4. The predicted octanol–water partition coefficient (Wildman–Crippen LogP) is 4.56. The molecule has 3 aromatic carbocycles. The summed E-state index contributed by atoms with van der Waals surface area (Å²) < 4.78 is 22.1. The zero-order chi connectivity index (χ0) is 26.6. The summed E-state index contributed by atoms with van der Waals surface area (Å²) in [6, 6.07) is 20.8. The highest BCUT2D eigenvalue weighted by Gasteiger charge is 2.27. The molecule has 0 aliphatic rings. The van der Waals surface area contributed by atoms with E-state index in [0.717, 1.165) is 5.56 Å². The summed E-state index contributed by atoms with van der Waals surface area (Å²) in [5, 5.41) is 3.19. The van der Waals surface area contributed by atoms with Gasteiger partial charge in [-0.1, -0.05) is 42.5 Å². The van der Waals surface area contributed by atoms with Crippen molar-refractivity contribution in [2.75, 3.05) is 25.1 Å². The van der Waals surface area contributed by atoms with Gasteiger partial charge in [-0.05, 0) is 61.9 Å². The minimum atomic E-state index is -0.965. The molecule has 37 heavy (non-hydrogen) atoms. The molecule has 0 amide bonds. The summed E-state index contributed by atoms with van der Waals surface area (Å²) in [6.45, 7) is 3.87. The molecule has 8 nitrogen and oxygen atoms in total. The summed E-state index contributed by atoms with van der Waals surface area (Å²) in [5.74, 6) is -0.221. The largest absolute Gasteiger partial charge is 0.489 e. The number of anilines is 1. The topological polar surface area (TPSA) is 109 Å². The van der Waals surface area contributed by atoms with Crippen LogP contribution in [0.15, 0.2) is 72.8 Å². The lowest BCUT2D eigenvalue weighted by atomic mass is 10.0. The summed E-state index contributed by atoms with van der Waals surface area (Å²) in [7, 11) is 0. The van der Waals surface area contributed by atoms with Crippen LogP contribution in [0.25, 0.3) is 0 Å². The van der Waals surface area contributed by atoms with Crippen LogP contribution >= 0.6 is 12.2 Å². The van der Waals surface area contributed by atoms with Gasteiger partial charge in [0, 0.05) is 16.8 Å². The molecule has 0 bridgehead atoms. The average molecular weight is 523 g/mol. The van der Waals surface area contributed by atoms with E-state index in [-0.39, 0.29) is 24.8 Å². The number of carbonyl (C=O) groups is 2. The average Bonchev–Trinajstić information content (AvgIpc) is 2.90. The van der Waals surface area contributed by atoms with Crippen molar-refractivity contribution in [1.82, 2.24) is 0 Å². The molecule has 1 unspecified atom stereocenters. The van der Waals surface area contributed by atoms with Gasteiger partial charge in [0.05, 0.1) is 13.2 Å². The van der Waals surface area contributed by atoms with Crippen molar-refractivity contribution in [2.24, 2.45) is 5.73 Å². The first-order chi connectivity index (χ1) is 17.9. The molecular weight excluding hydrogens is 492 g/mol. The Morgan fingerprint density at radius 1 is 0.919 bits per heavy atom. The van der Waals surface area contributed by atoms with Gasteiger partial charge in [-0.3, -0.25) is 0 Å². The molecule has 9 heteroatoms. The van der Waals surface area contributed by atoms with Gasteiger partial charge in [-0.25, -0.2) is 9.59 Å². The highest BCUT2D eigenvalue weighted by atomic mass is 32.1. The van der Waals surface area contributed by atoms with Gasteiger partial charge in [0.2, 0.25) is 0 Å². The molecule has 0 saturated carbocycles. The second kappa shape index (κ2) is 13.8. The Hall–Kier alpha value is -4.11. The van der Waals surface area contributed by atoms with Crippen LogP contribution in [0, 0.1) is 0 Å². The summed E-state index contributed by atoms with van der Waals surface area (Å²) in [4.78, 5) is 25.3. The second-order valence-corrected chi connectivity index (χ2v) is 8.28. The van der Waals surface area contributed by atoms with Crippen molar-refractivity contribution >= 4 is 34.8 Å². The van der Waals surface area contributed by atoms with E-state index in [1.807, 2.05) is 30.3 Å². The van der Waals surface area contributed by atoms with E-state index >= 15 is 0 Å². The summed E-state index contributed by atoms with van der Waals surface area (Å²) in [5.41, 5.74) is 8.45. The predicted molar refractivity (Wildman–Crippen MR) is 145 cm³/mol. The Kier molecular flexibility index (Phi) is 10.3. The van der Waals surface area contributed by atoms with Gasteiger partial charge >= 0.3 is 11.9 Å². The van der Waals surface area contributed by atoms with Crippen LogP contribution < -0.4 is 20.5 Å². The maximum atomic E-state index is 13.1. The zero-order valence-corrected chi connectivity index (χ0v) is 21.6. The van der Waals surface area contributed by atoms with Crippen LogP contribution in [0.5, 0.6) is 11.5 Å². The Bertz CT molecular complexity index is 1200. The molecule has 0 radical (unpaired) electrons. The van der Waals surface area contributed by atoms with Crippen LogP contribution in [0.4, 0.5) is 5.69 Å². The van der Waals surface area contributed by atoms with Crippen LogP contribution in [0.2, 0.25) is 0 Å². The van der Waals surface area contributed by atoms with E-state index in [9.17, 15) is 9.59 Å². The molecule has 3 N–H and O–H groups in total. The minimum Gasteiger partial charge on any atom is -0.489 e. The number of benzene rings is 3. The van der Waals surface area contributed by atoms with Gasteiger partial charge in [-0.2, -0.15) is 0 Å². The van der Waals surface area contributed by atoms with Gasteiger partial charge in [0.15, 0.2) is 12.6 Å². The molecule has 0 spiro atoms. The van der Waals surface area contributed by atoms with Crippen molar-refractivity contribution in [3.8, 4) is 11.5 Å². The number of nitrogens with two attached hydrogens (primary N) is 1. The number of hydrogen-bond donors (Lipinski definition) is 2. The van der Waals surface area contributed by atoms with Crippen molar-refractivity contribution in [1.29, 1.82) is 0 Å². The third kappa shape index (κ3) is 8.22. The fourth-order valence-electron chi connectivity index (χ4n) is 3.44. The molecule has 0 aromatic heterocycles. The SMILES string of the molecule is CCOC(=O)COc1ccc(OCc2ccccc2)cc1C(Nc1ccc(C(N)=S)cc1)C(=O)OCC. The first-order valence-electron chi connectivity index (χ1n) is 11.8. The summed E-state index contributed by atoms with van der Waals surface area (Å²) in [6.07, 6.45) is 0. The molecule has 194 valence electrons. The number of esters is 2. The van der Waals surface area contributed by atoms with Crippen molar-refractivity contribution in [2.45, 2.75) is 26.5 Å². The maximum Gasteiger partial charge on any atom is 0.344 e. The van der Waals surface area contributed by atoms with Crippen LogP contribution in [-0.2, 0) is 25.7 Å². The van der Waals surface area contributed by atoms with E-state index in [2.05, 4.69) is 5.32 Å². The van der Waals surface area contributed by atoms with Gasteiger partial charge in [0.25, 0.3) is 0 Å². The minimum absolute atomic E-state index is 0.181. The highest BCUT2D eigenvalue weighted by molar-refractivity contribution is 7.80. The molecule has 1 atom stereocenters. The molecule has 0 heterocycles. The molecule has 0 saturated heterocycles. The molecule has 0 aliphatic heterocycles. The smallest absolute Gasteiger partial charge is 0.344 e. The molecule has 0 aliphatic carbocycles. The summed E-state index contributed by atoms with van der Waals surface area (Å²) >= 11 is 5.02. The number of rotatable bonds is 13. The fourth-order valence-corrected chi connectivity index (χ4v) is 3.58. The number of thiocarbonyl (C=S) groups is 1. The fraction of sp³-hybridized carbons (Fsp3) is 0.250. The first kappa shape index (κ1) is 27.5. The van der Waals surface area contributed by atoms with Gasteiger partial charge in [-0.15, -0.1) is 0 Å². The lowest BCUT2D eigenvalue weighted by molar-refractivity contribution is -0.145. The first-order valence-corrected chi connectivity index (χ1v) is 12.2. The van der Waals surface area contributed by atoms with E-state index in [1.54, 1.807) is 56.3 Å². The van der Waals surface area contributed by atoms with Crippen LogP contribution in [0.1, 0.15) is 36.6 Å². The van der Waals surface area contributed by atoms with Gasteiger partial charge in [0.1, 0.15) is 23.1 Å². The lowest BCUT2D eigenvalue weighted by Crippen LogP contribution is -2.25. The highest BCUT2D eigenvalue weighted by Crippen LogP contribution is 2.33. The van der Waals surface area contributed by atoms with E-state index < -0.39 is 18.0 Å². The molecule has 3 rings (SSSR count). The Balaban J connectivity index is 1.94. The quantitative estimate of drug-likeness (QED) is 0.247. The Morgan fingerprint density at radius 2 is 1.62 bits per heavy atom. The Labute approximate surface area is 221 Å². The van der Waals surface area contributed by atoms with Crippen LogP contribution in [-0.4, -0.2) is 36.7 Å². The second-order valence-electron chi connectivity index (χ2n) is 7.84. The normalized spacial score (nSPS) is 11.2. The van der Waals surface area contributed by atoms with Crippen LogP contribution in [0.3, 0.4) is 0 Å². The lowest BCUT2D eigenvalue weighted by Gasteiger charge is -2.22. The van der Waals surface area contributed by atoms with Crippen molar-refractivity contribution in [3.05, 3.63) is 89.5 Å². The molecular formula is C28H30N2O6S. The zero-order valence-electron chi connectivity index (χ0n) is 20.8.